The third kappa shape index (κ3) is 6.85. The summed E-state index contributed by atoms with van der Waals surface area (Å²) >= 11 is 0. The number of amides is 3. The quantitative estimate of drug-likeness (QED) is 0.337. The molecular weight excluding hydrogens is 500 g/mol. The predicted octanol–water partition coefficient (Wildman–Crippen LogP) is 2.30. The van der Waals surface area contributed by atoms with Crippen molar-refractivity contribution < 1.29 is 32.0 Å². The van der Waals surface area contributed by atoms with E-state index in [4.69, 9.17) is 14.9 Å². The molecule has 0 aliphatic carbocycles. The van der Waals surface area contributed by atoms with Gasteiger partial charge in [-0.05, 0) is 31.0 Å². The highest BCUT2D eigenvalue weighted by Gasteiger charge is 2.38. The van der Waals surface area contributed by atoms with Crippen LogP contribution in [0.1, 0.15) is 35.5 Å². The van der Waals surface area contributed by atoms with Crippen LogP contribution in [0.5, 0.6) is 5.75 Å². The van der Waals surface area contributed by atoms with Crippen LogP contribution in [0, 0.1) is 0 Å². The third-order valence-corrected chi connectivity index (χ3v) is 7.94. The molecule has 0 radical (unpaired) electrons. The van der Waals surface area contributed by atoms with Gasteiger partial charge in [-0.1, -0.05) is 30.3 Å². The number of nitrogens with one attached hydrogen (secondary N) is 1. The molecule has 0 saturated heterocycles. The summed E-state index contributed by atoms with van der Waals surface area (Å²) in [7, 11) is 0.248. The Bertz CT molecular complexity index is 1350. The van der Waals surface area contributed by atoms with Crippen LogP contribution in [0.15, 0.2) is 52.9 Å². The molecule has 2 aromatic carbocycles. The van der Waals surface area contributed by atoms with Gasteiger partial charge in [-0.25, -0.2) is 18.2 Å². The van der Waals surface area contributed by atoms with Crippen LogP contribution in [0.4, 0.5) is 4.79 Å². The molecule has 0 aliphatic rings. The zero-order valence-corrected chi connectivity index (χ0v) is 21.7. The number of nitrogens with zero attached hydrogens (tertiary/aromatic N) is 2. The number of ether oxygens (including phenoxy) is 1. The molecule has 0 aliphatic heterocycles. The smallest absolute Gasteiger partial charge is 0.317 e. The number of carbonyl (C=O) groups is 3. The van der Waals surface area contributed by atoms with Gasteiger partial charge in [-0.3, -0.25) is 9.59 Å². The Morgan fingerprint density at radius 2 is 1.78 bits per heavy atom. The maximum absolute atomic E-state index is 13.6. The summed E-state index contributed by atoms with van der Waals surface area (Å²) in [6.07, 6.45) is -0.125. The molecule has 1 aromatic heterocycles. The van der Waals surface area contributed by atoms with Gasteiger partial charge in [0.2, 0.25) is 11.7 Å². The Kier molecular flexibility index (Phi) is 8.87. The van der Waals surface area contributed by atoms with Crippen molar-refractivity contribution in [3.8, 4) is 5.75 Å². The third-order valence-electron chi connectivity index (χ3n) is 5.80. The number of nitrogens with two attached hydrogens (primary N) is 1. The summed E-state index contributed by atoms with van der Waals surface area (Å²) < 4.78 is 37.9. The number of carbonyl (C=O) groups excluding carboxylic acids is 3. The first-order valence-electron chi connectivity index (χ1n) is 11.5. The van der Waals surface area contributed by atoms with E-state index >= 15 is 0 Å². The lowest BCUT2D eigenvalue weighted by atomic mass is 10.1. The number of primary amides is 1. The summed E-state index contributed by atoms with van der Waals surface area (Å²) in [5, 5.41) is 1.02. The molecule has 37 heavy (non-hydrogen) atoms. The van der Waals surface area contributed by atoms with E-state index in [0.29, 0.717) is 22.4 Å². The number of para-hydroxylation sites is 3. The number of methoxy groups -OCH3 is 1. The van der Waals surface area contributed by atoms with E-state index in [0.717, 1.165) is 4.90 Å². The van der Waals surface area contributed by atoms with Gasteiger partial charge >= 0.3 is 6.03 Å². The van der Waals surface area contributed by atoms with Crippen molar-refractivity contribution >= 4 is 38.7 Å². The number of ketones is 1. The van der Waals surface area contributed by atoms with Crippen molar-refractivity contribution in [3.05, 3.63) is 60.0 Å². The lowest BCUT2D eigenvalue weighted by molar-refractivity contribution is -0.119. The van der Waals surface area contributed by atoms with E-state index in [1.165, 1.54) is 21.2 Å². The minimum Gasteiger partial charge on any atom is -0.496 e. The molecule has 198 valence electrons. The molecule has 2 atom stereocenters. The highest BCUT2D eigenvalue weighted by atomic mass is 32.2. The molecule has 0 saturated carbocycles. The Morgan fingerprint density at radius 1 is 1.11 bits per heavy atom. The highest BCUT2D eigenvalue weighted by molar-refractivity contribution is 7.91. The summed E-state index contributed by atoms with van der Waals surface area (Å²) in [6.45, 7) is 0. The summed E-state index contributed by atoms with van der Waals surface area (Å²) in [5.74, 6) is -1.59. The molecule has 0 spiro atoms. The van der Waals surface area contributed by atoms with Crippen LogP contribution in [-0.4, -0.2) is 68.5 Å². The van der Waals surface area contributed by atoms with E-state index in [-0.39, 0.29) is 25.2 Å². The second-order valence-electron chi connectivity index (χ2n) is 8.68. The minimum atomic E-state index is -4.07. The van der Waals surface area contributed by atoms with Crippen LogP contribution in [0.3, 0.4) is 0 Å². The average Bonchev–Trinajstić information content (AvgIpc) is 3.29. The number of hydrogen-bond donors (Lipinski definition) is 2. The second kappa shape index (κ2) is 11.9. The summed E-state index contributed by atoms with van der Waals surface area (Å²) in [5.41, 5.74) is 6.93. The number of urea groups is 1. The molecule has 3 N–H and O–H groups in total. The van der Waals surface area contributed by atoms with Crippen molar-refractivity contribution in [2.45, 2.75) is 36.3 Å². The number of hydrogen-bond acceptors (Lipinski definition) is 8. The van der Waals surface area contributed by atoms with E-state index in [1.54, 1.807) is 48.5 Å². The van der Waals surface area contributed by atoms with Crippen LogP contribution in [-0.2, 0) is 20.4 Å². The first kappa shape index (κ1) is 27.7. The van der Waals surface area contributed by atoms with Crippen molar-refractivity contribution in [2.75, 3.05) is 21.2 Å². The van der Waals surface area contributed by atoms with Crippen LogP contribution in [0.25, 0.3) is 11.1 Å². The fourth-order valence-corrected chi connectivity index (χ4v) is 5.90. The van der Waals surface area contributed by atoms with Crippen molar-refractivity contribution in [2.24, 2.45) is 5.73 Å². The number of oxazole rings is 1. The molecule has 1 heterocycles. The molecule has 0 bridgehead atoms. The maximum atomic E-state index is 13.6. The molecule has 12 heteroatoms. The fourth-order valence-electron chi connectivity index (χ4n) is 3.87. The standard InChI is InChI=1S/C25H30N4O7S/c1-29(2)25(32)28-22(23(26)31)21(37(33,34)15-16-9-4-6-12-19(16)35-3)14-8-11-18(30)24-27-17-10-5-7-13-20(17)36-24/h4-7,9-10,12-13,21-22H,8,11,14-15H2,1-3H3,(H2,26,31)(H,28,32). The normalized spacial score (nSPS) is 13.1. The second-order valence-corrected chi connectivity index (χ2v) is 10.9. The SMILES string of the molecule is COc1ccccc1CS(=O)(=O)C(CCCC(=O)c1nc2ccccc2o1)C(NC(=O)N(C)C)C(N)=O. The van der Waals surface area contributed by atoms with Gasteiger partial charge in [0.05, 0.1) is 18.1 Å². The molecule has 0 fully saturated rings. The largest absolute Gasteiger partial charge is 0.496 e. The summed E-state index contributed by atoms with van der Waals surface area (Å²) in [6, 6.07) is 11.3. The Labute approximate surface area is 214 Å². The monoisotopic (exact) mass is 530 g/mol. The lowest BCUT2D eigenvalue weighted by Gasteiger charge is -2.27. The predicted molar refractivity (Wildman–Crippen MR) is 137 cm³/mol. The van der Waals surface area contributed by atoms with Crippen molar-refractivity contribution in [1.29, 1.82) is 0 Å². The molecule has 3 amide bonds. The van der Waals surface area contributed by atoms with E-state index in [9.17, 15) is 22.8 Å². The Morgan fingerprint density at radius 3 is 2.43 bits per heavy atom. The number of fused-ring (bicyclic) bond motifs is 1. The van der Waals surface area contributed by atoms with Crippen LogP contribution in [0.2, 0.25) is 0 Å². The van der Waals surface area contributed by atoms with Crippen LogP contribution < -0.4 is 15.8 Å². The zero-order valence-electron chi connectivity index (χ0n) is 20.8. The van der Waals surface area contributed by atoms with Gasteiger partial charge in [0.25, 0.3) is 5.89 Å². The fraction of sp³-hybridized carbons (Fsp3) is 0.360. The molecular formula is C25H30N4O7S. The van der Waals surface area contributed by atoms with Crippen LogP contribution >= 0.6 is 0 Å². The van der Waals surface area contributed by atoms with Gasteiger partial charge < -0.3 is 25.1 Å². The topological polar surface area (TPSA) is 162 Å². The van der Waals surface area contributed by atoms with Gasteiger partial charge in [-0.2, -0.15) is 0 Å². The van der Waals surface area contributed by atoms with E-state index in [2.05, 4.69) is 10.3 Å². The van der Waals surface area contributed by atoms with E-state index < -0.39 is 44.6 Å². The van der Waals surface area contributed by atoms with Gasteiger partial charge in [0.15, 0.2) is 15.4 Å². The van der Waals surface area contributed by atoms with Crippen molar-refractivity contribution in [3.63, 3.8) is 0 Å². The lowest BCUT2D eigenvalue weighted by Crippen LogP contribution is -2.56. The molecule has 11 nitrogen and oxygen atoms in total. The number of rotatable bonds is 12. The average molecular weight is 531 g/mol. The number of sulfone groups is 1. The van der Waals surface area contributed by atoms with E-state index in [1.807, 2.05) is 0 Å². The number of benzene rings is 2. The first-order valence-corrected chi connectivity index (χ1v) is 13.2. The highest BCUT2D eigenvalue weighted by Crippen LogP contribution is 2.26. The minimum absolute atomic E-state index is 0.0784. The molecule has 3 rings (SSSR count). The first-order chi connectivity index (χ1) is 17.5. The zero-order chi connectivity index (χ0) is 27.2. The Hall–Kier alpha value is -3.93. The maximum Gasteiger partial charge on any atom is 0.317 e. The summed E-state index contributed by atoms with van der Waals surface area (Å²) in [4.78, 5) is 42.7. The Balaban J connectivity index is 1.84. The molecule has 2 unspecified atom stereocenters. The van der Waals surface area contributed by atoms with Gasteiger partial charge in [-0.15, -0.1) is 0 Å². The van der Waals surface area contributed by atoms with Gasteiger partial charge in [0, 0.05) is 26.1 Å². The number of aromatic nitrogens is 1. The van der Waals surface area contributed by atoms with Gasteiger partial charge in [0.1, 0.15) is 17.3 Å². The van der Waals surface area contributed by atoms with Crippen molar-refractivity contribution in [1.82, 2.24) is 15.2 Å². The molecule has 3 aromatic rings. The number of Topliss-reactive ketones (excluding diaryl/α,β-unsaturated/α-hetero) is 1.